The van der Waals surface area contributed by atoms with Crippen molar-refractivity contribution in [3.05, 3.63) is 47.6 Å². The second kappa shape index (κ2) is 10.1. The Morgan fingerprint density at radius 3 is 2.20 bits per heavy atom. The molecule has 8 nitrogen and oxygen atoms in total. The van der Waals surface area contributed by atoms with Crippen LogP contribution in [0.4, 0.5) is 28.8 Å². The number of anilines is 5. The van der Waals surface area contributed by atoms with Crippen LogP contribution in [0.1, 0.15) is 0 Å². The number of halogens is 1. The van der Waals surface area contributed by atoms with Crippen molar-refractivity contribution < 1.29 is 14.2 Å². The molecule has 0 radical (unpaired) electrons. The van der Waals surface area contributed by atoms with Crippen molar-refractivity contribution in [2.75, 3.05) is 42.9 Å². The Hall–Kier alpha value is -3.04. The van der Waals surface area contributed by atoms with Crippen LogP contribution in [0.5, 0.6) is 17.2 Å². The summed E-state index contributed by atoms with van der Waals surface area (Å²) in [6.07, 6.45) is 3.48. The standard InChI is InChI=1S/C20H22ClN5O3S/c1-27-16-9-12(10-17(28-2)18(16)29-3)23-20-22-11-13(21)19(25-20)24-14-7-5-6-8-15(14)26-30-4/h5-11,26H,1-4H3,(H2,22,23,24,25). The summed E-state index contributed by atoms with van der Waals surface area (Å²) in [4.78, 5) is 8.77. The molecule has 3 N–H and O–H groups in total. The number of methoxy groups -OCH3 is 3. The van der Waals surface area contributed by atoms with Crippen molar-refractivity contribution >= 4 is 52.4 Å². The molecule has 158 valence electrons. The molecule has 0 saturated heterocycles. The highest BCUT2D eigenvalue weighted by Crippen LogP contribution is 2.40. The highest BCUT2D eigenvalue weighted by atomic mass is 35.5. The number of nitrogens with zero attached hydrogens (tertiary/aromatic N) is 2. The molecule has 0 saturated carbocycles. The van der Waals surface area contributed by atoms with Gasteiger partial charge in [-0.05, 0) is 12.1 Å². The van der Waals surface area contributed by atoms with Crippen LogP contribution in [-0.4, -0.2) is 37.6 Å². The van der Waals surface area contributed by atoms with E-state index in [0.717, 1.165) is 11.4 Å². The van der Waals surface area contributed by atoms with E-state index in [2.05, 4.69) is 25.3 Å². The highest BCUT2D eigenvalue weighted by molar-refractivity contribution is 7.99. The average molecular weight is 448 g/mol. The zero-order chi connectivity index (χ0) is 21.5. The number of hydrogen-bond donors (Lipinski definition) is 3. The normalized spacial score (nSPS) is 10.3. The first-order valence-electron chi connectivity index (χ1n) is 8.84. The van der Waals surface area contributed by atoms with Gasteiger partial charge in [0, 0.05) is 24.1 Å². The molecule has 0 aliphatic rings. The summed E-state index contributed by atoms with van der Waals surface area (Å²) in [6.45, 7) is 0. The molecule has 0 unspecified atom stereocenters. The topological polar surface area (TPSA) is 89.6 Å². The Morgan fingerprint density at radius 1 is 0.933 bits per heavy atom. The zero-order valence-electron chi connectivity index (χ0n) is 16.9. The first-order chi connectivity index (χ1) is 14.6. The van der Waals surface area contributed by atoms with Crippen LogP contribution in [0.15, 0.2) is 42.6 Å². The molecule has 0 amide bonds. The third-order valence-electron chi connectivity index (χ3n) is 4.06. The van der Waals surface area contributed by atoms with Gasteiger partial charge in [0.1, 0.15) is 5.02 Å². The van der Waals surface area contributed by atoms with Crippen molar-refractivity contribution in [2.45, 2.75) is 0 Å². The fourth-order valence-corrected chi connectivity index (χ4v) is 3.25. The molecule has 0 aliphatic heterocycles. The predicted molar refractivity (Wildman–Crippen MR) is 123 cm³/mol. The molecule has 3 rings (SSSR count). The van der Waals surface area contributed by atoms with E-state index >= 15 is 0 Å². The number of nitrogens with one attached hydrogen (secondary N) is 3. The van der Waals surface area contributed by atoms with Crippen molar-refractivity contribution in [3.63, 3.8) is 0 Å². The lowest BCUT2D eigenvalue weighted by molar-refractivity contribution is 0.324. The van der Waals surface area contributed by atoms with E-state index in [1.54, 1.807) is 33.5 Å². The summed E-state index contributed by atoms with van der Waals surface area (Å²) in [6, 6.07) is 11.3. The predicted octanol–water partition coefficient (Wildman–Crippen LogP) is 5.33. The second-order valence-corrected chi connectivity index (χ2v) is 6.93. The van der Waals surface area contributed by atoms with Gasteiger partial charge in [-0.15, -0.1) is 0 Å². The van der Waals surface area contributed by atoms with Gasteiger partial charge in [-0.3, -0.25) is 0 Å². The number of rotatable bonds is 9. The van der Waals surface area contributed by atoms with Crippen LogP contribution in [0.2, 0.25) is 5.02 Å². The lowest BCUT2D eigenvalue weighted by Gasteiger charge is -2.15. The number of benzene rings is 2. The fourth-order valence-electron chi connectivity index (χ4n) is 2.72. The molecule has 0 fully saturated rings. The van der Waals surface area contributed by atoms with Gasteiger partial charge in [0.05, 0.1) is 38.9 Å². The molecular weight excluding hydrogens is 426 g/mol. The van der Waals surface area contributed by atoms with E-state index in [4.69, 9.17) is 25.8 Å². The van der Waals surface area contributed by atoms with Crippen molar-refractivity contribution in [1.82, 2.24) is 9.97 Å². The summed E-state index contributed by atoms with van der Waals surface area (Å²) in [5.41, 5.74) is 2.42. The van der Waals surface area contributed by atoms with Gasteiger partial charge in [-0.2, -0.15) is 4.98 Å². The largest absolute Gasteiger partial charge is 0.493 e. The van der Waals surface area contributed by atoms with Crippen molar-refractivity contribution in [2.24, 2.45) is 0 Å². The third-order valence-corrected chi connectivity index (χ3v) is 4.76. The van der Waals surface area contributed by atoms with Crippen LogP contribution in [0.25, 0.3) is 0 Å². The molecule has 10 heteroatoms. The van der Waals surface area contributed by atoms with Gasteiger partial charge < -0.3 is 29.6 Å². The Bertz CT molecular complexity index is 996. The van der Waals surface area contributed by atoms with E-state index in [0.29, 0.717) is 39.7 Å². The van der Waals surface area contributed by atoms with Gasteiger partial charge in [-0.1, -0.05) is 35.7 Å². The monoisotopic (exact) mass is 447 g/mol. The summed E-state index contributed by atoms with van der Waals surface area (Å²) in [5.74, 6) is 2.36. The smallest absolute Gasteiger partial charge is 0.229 e. The van der Waals surface area contributed by atoms with Gasteiger partial charge in [0.25, 0.3) is 0 Å². The summed E-state index contributed by atoms with van der Waals surface area (Å²) in [7, 11) is 4.67. The van der Waals surface area contributed by atoms with E-state index in [9.17, 15) is 0 Å². The maximum Gasteiger partial charge on any atom is 0.229 e. The van der Waals surface area contributed by atoms with E-state index in [1.165, 1.54) is 18.1 Å². The summed E-state index contributed by atoms with van der Waals surface area (Å²) in [5, 5.41) is 6.78. The van der Waals surface area contributed by atoms with Crippen molar-refractivity contribution in [3.8, 4) is 17.2 Å². The van der Waals surface area contributed by atoms with Crippen LogP contribution in [0, 0.1) is 0 Å². The number of para-hydroxylation sites is 2. The first kappa shape index (κ1) is 21.7. The average Bonchev–Trinajstić information content (AvgIpc) is 2.76. The number of hydrogen-bond acceptors (Lipinski definition) is 9. The highest BCUT2D eigenvalue weighted by Gasteiger charge is 2.15. The van der Waals surface area contributed by atoms with Gasteiger partial charge in [0.15, 0.2) is 17.3 Å². The first-order valence-corrected chi connectivity index (χ1v) is 10.4. The summed E-state index contributed by atoms with van der Waals surface area (Å²) >= 11 is 7.81. The van der Waals surface area contributed by atoms with Crippen LogP contribution in [-0.2, 0) is 0 Å². The van der Waals surface area contributed by atoms with Crippen LogP contribution in [0.3, 0.4) is 0 Å². The molecular formula is C20H22ClN5O3S. The number of ether oxygens (including phenoxy) is 3. The zero-order valence-corrected chi connectivity index (χ0v) is 18.5. The van der Waals surface area contributed by atoms with Crippen LogP contribution >= 0.6 is 23.5 Å². The lowest BCUT2D eigenvalue weighted by atomic mass is 10.2. The SMILES string of the molecule is COc1cc(Nc2ncc(Cl)c(Nc3ccccc3NSC)n2)cc(OC)c1OC. The Morgan fingerprint density at radius 2 is 1.60 bits per heavy atom. The minimum atomic E-state index is 0.353. The fraction of sp³-hybridized carbons (Fsp3) is 0.200. The molecule has 1 aromatic heterocycles. The van der Waals surface area contributed by atoms with E-state index in [-0.39, 0.29) is 0 Å². The van der Waals surface area contributed by atoms with Gasteiger partial charge in [0.2, 0.25) is 11.7 Å². The minimum Gasteiger partial charge on any atom is -0.493 e. The molecule has 0 atom stereocenters. The van der Waals surface area contributed by atoms with E-state index in [1.807, 2.05) is 30.5 Å². The second-order valence-electron chi connectivity index (χ2n) is 5.91. The van der Waals surface area contributed by atoms with Crippen molar-refractivity contribution in [1.29, 1.82) is 0 Å². The quantitative estimate of drug-likeness (QED) is 0.376. The molecule has 30 heavy (non-hydrogen) atoms. The number of aromatic nitrogens is 2. The molecule has 1 heterocycles. The molecule has 2 aromatic carbocycles. The maximum absolute atomic E-state index is 6.32. The van der Waals surface area contributed by atoms with E-state index < -0.39 is 0 Å². The van der Waals surface area contributed by atoms with Gasteiger partial charge in [-0.25, -0.2) is 4.98 Å². The molecule has 0 spiro atoms. The lowest BCUT2D eigenvalue weighted by Crippen LogP contribution is -2.03. The summed E-state index contributed by atoms with van der Waals surface area (Å²) < 4.78 is 19.3. The Labute approximate surface area is 184 Å². The molecule has 0 bridgehead atoms. The van der Waals surface area contributed by atoms with Gasteiger partial charge >= 0.3 is 0 Å². The third kappa shape index (κ3) is 4.92. The molecule has 0 aliphatic carbocycles. The maximum atomic E-state index is 6.32. The van der Waals surface area contributed by atoms with Crippen LogP contribution < -0.4 is 29.6 Å². The minimum absolute atomic E-state index is 0.353. The Kier molecular flexibility index (Phi) is 7.31. The Balaban J connectivity index is 1.89. The molecule has 3 aromatic rings.